The first-order valence-corrected chi connectivity index (χ1v) is 8.00. The fraction of sp³-hybridized carbons (Fsp3) is 0.294. The zero-order valence-electron chi connectivity index (χ0n) is 11.7. The lowest BCUT2D eigenvalue weighted by molar-refractivity contribution is 0.531. The molecule has 1 unspecified atom stereocenters. The Bertz CT molecular complexity index is 554. The molecule has 1 atom stereocenters. The Morgan fingerprint density at radius 2 is 1.80 bits per heavy atom. The van der Waals surface area contributed by atoms with E-state index >= 15 is 0 Å². The molecule has 0 radical (unpaired) electrons. The third-order valence-corrected chi connectivity index (χ3v) is 4.06. The lowest BCUT2D eigenvalue weighted by Crippen LogP contribution is -2.13. The SMILES string of the molecule is CC(C)CC(Nc1ccc(Cl)cc1Br)c1ccccc1. The van der Waals surface area contributed by atoms with Crippen molar-refractivity contribution >= 4 is 33.2 Å². The molecule has 0 aromatic heterocycles. The lowest BCUT2D eigenvalue weighted by atomic mass is 9.97. The van der Waals surface area contributed by atoms with Crippen LogP contribution >= 0.6 is 27.5 Å². The quantitative estimate of drug-likeness (QED) is 0.665. The second-order valence-corrected chi connectivity index (χ2v) is 6.65. The average Bonchev–Trinajstić information content (AvgIpc) is 2.41. The monoisotopic (exact) mass is 351 g/mol. The maximum absolute atomic E-state index is 6.00. The summed E-state index contributed by atoms with van der Waals surface area (Å²) >= 11 is 9.56. The minimum atomic E-state index is 0.300. The summed E-state index contributed by atoms with van der Waals surface area (Å²) in [6, 6.07) is 16.7. The summed E-state index contributed by atoms with van der Waals surface area (Å²) in [6.45, 7) is 4.49. The summed E-state index contributed by atoms with van der Waals surface area (Å²) in [5, 5.41) is 4.36. The second kappa shape index (κ2) is 7.14. The summed E-state index contributed by atoms with van der Waals surface area (Å²) in [7, 11) is 0. The molecule has 2 rings (SSSR count). The molecule has 0 amide bonds. The molecule has 0 bridgehead atoms. The van der Waals surface area contributed by atoms with Gasteiger partial charge in [-0.25, -0.2) is 0 Å². The molecule has 0 saturated carbocycles. The molecule has 0 aliphatic heterocycles. The number of anilines is 1. The van der Waals surface area contributed by atoms with Crippen molar-refractivity contribution in [1.29, 1.82) is 0 Å². The highest BCUT2D eigenvalue weighted by Gasteiger charge is 2.14. The number of hydrogen-bond donors (Lipinski definition) is 1. The van der Waals surface area contributed by atoms with Crippen LogP contribution in [0.1, 0.15) is 31.9 Å². The van der Waals surface area contributed by atoms with E-state index in [-0.39, 0.29) is 0 Å². The molecule has 0 fully saturated rings. The van der Waals surface area contributed by atoms with E-state index in [0.717, 1.165) is 21.6 Å². The van der Waals surface area contributed by atoms with Gasteiger partial charge in [0.2, 0.25) is 0 Å². The van der Waals surface area contributed by atoms with Crippen molar-refractivity contribution in [1.82, 2.24) is 0 Å². The van der Waals surface area contributed by atoms with Gasteiger partial charge in [0.05, 0.1) is 6.04 Å². The van der Waals surface area contributed by atoms with Crippen LogP contribution in [-0.4, -0.2) is 0 Å². The van der Waals surface area contributed by atoms with Gasteiger partial charge in [0, 0.05) is 15.2 Å². The third kappa shape index (κ3) is 4.26. The van der Waals surface area contributed by atoms with Crippen molar-refractivity contribution in [3.8, 4) is 0 Å². The van der Waals surface area contributed by atoms with Crippen molar-refractivity contribution in [2.75, 3.05) is 5.32 Å². The molecule has 0 aliphatic rings. The van der Waals surface area contributed by atoms with Gasteiger partial charge in [-0.1, -0.05) is 55.8 Å². The molecular weight excluding hydrogens is 334 g/mol. The minimum Gasteiger partial charge on any atom is -0.377 e. The molecule has 0 saturated heterocycles. The Hall–Kier alpha value is -0.990. The largest absolute Gasteiger partial charge is 0.377 e. The summed E-state index contributed by atoms with van der Waals surface area (Å²) in [4.78, 5) is 0. The molecule has 20 heavy (non-hydrogen) atoms. The number of nitrogens with one attached hydrogen (secondary N) is 1. The van der Waals surface area contributed by atoms with Crippen LogP contribution in [0.4, 0.5) is 5.69 Å². The van der Waals surface area contributed by atoms with Gasteiger partial charge in [-0.3, -0.25) is 0 Å². The molecule has 0 spiro atoms. The van der Waals surface area contributed by atoms with Gasteiger partial charge in [0.1, 0.15) is 0 Å². The summed E-state index contributed by atoms with van der Waals surface area (Å²) in [5.41, 5.74) is 2.38. The molecule has 0 aliphatic carbocycles. The van der Waals surface area contributed by atoms with E-state index in [1.807, 2.05) is 24.3 Å². The maximum atomic E-state index is 6.00. The normalized spacial score (nSPS) is 12.4. The van der Waals surface area contributed by atoms with Crippen molar-refractivity contribution in [3.63, 3.8) is 0 Å². The number of benzene rings is 2. The molecule has 3 heteroatoms. The van der Waals surface area contributed by atoms with Gasteiger partial charge in [0.15, 0.2) is 0 Å². The van der Waals surface area contributed by atoms with E-state index in [0.29, 0.717) is 12.0 Å². The highest BCUT2D eigenvalue weighted by molar-refractivity contribution is 9.10. The van der Waals surface area contributed by atoms with Crippen molar-refractivity contribution in [3.05, 3.63) is 63.6 Å². The summed E-state index contributed by atoms with van der Waals surface area (Å²) < 4.78 is 0.995. The lowest BCUT2D eigenvalue weighted by Gasteiger charge is -2.23. The Morgan fingerprint density at radius 3 is 2.40 bits per heavy atom. The fourth-order valence-corrected chi connectivity index (χ4v) is 3.03. The Labute approximate surface area is 134 Å². The van der Waals surface area contributed by atoms with Crippen LogP contribution in [0.3, 0.4) is 0 Å². The maximum Gasteiger partial charge on any atom is 0.0516 e. The van der Waals surface area contributed by atoms with E-state index in [9.17, 15) is 0 Å². The Kier molecular flexibility index (Phi) is 5.50. The Balaban J connectivity index is 2.24. The predicted molar refractivity (Wildman–Crippen MR) is 91.4 cm³/mol. The van der Waals surface area contributed by atoms with Crippen LogP contribution in [0.15, 0.2) is 53.0 Å². The van der Waals surface area contributed by atoms with Crippen LogP contribution in [0.25, 0.3) is 0 Å². The van der Waals surface area contributed by atoms with Gasteiger partial charge >= 0.3 is 0 Å². The van der Waals surface area contributed by atoms with Gasteiger partial charge in [-0.05, 0) is 52.0 Å². The molecule has 1 nitrogen and oxygen atoms in total. The summed E-state index contributed by atoms with van der Waals surface area (Å²) in [6.07, 6.45) is 1.08. The first-order valence-electron chi connectivity index (χ1n) is 6.83. The molecule has 106 valence electrons. The van der Waals surface area contributed by atoms with E-state index in [1.54, 1.807) is 0 Å². The molecule has 2 aromatic rings. The molecule has 2 aromatic carbocycles. The predicted octanol–water partition coefficient (Wildman–Crippen LogP) is 6.30. The van der Waals surface area contributed by atoms with E-state index in [2.05, 4.69) is 59.4 Å². The fourth-order valence-electron chi connectivity index (χ4n) is 2.23. The van der Waals surface area contributed by atoms with Gasteiger partial charge < -0.3 is 5.32 Å². The van der Waals surface area contributed by atoms with E-state index in [4.69, 9.17) is 11.6 Å². The minimum absolute atomic E-state index is 0.300. The molecule has 1 N–H and O–H groups in total. The van der Waals surface area contributed by atoms with Crippen molar-refractivity contribution < 1.29 is 0 Å². The van der Waals surface area contributed by atoms with E-state index < -0.39 is 0 Å². The van der Waals surface area contributed by atoms with Crippen LogP contribution in [0.2, 0.25) is 5.02 Å². The summed E-state index contributed by atoms with van der Waals surface area (Å²) in [5.74, 6) is 0.624. The zero-order valence-corrected chi connectivity index (χ0v) is 14.1. The highest BCUT2D eigenvalue weighted by atomic mass is 79.9. The van der Waals surface area contributed by atoms with Crippen molar-refractivity contribution in [2.45, 2.75) is 26.3 Å². The average molecular weight is 353 g/mol. The van der Waals surface area contributed by atoms with Gasteiger partial charge in [0.25, 0.3) is 0 Å². The Morgan fingerprint density at radius 1 is 1.10 bits per heavy atom. The van der Waals surface area contributed by atoms with Crippen LogP contribution in [0.5, 0.6) is 0 Å². The zero-order chi connectivity index (χ0) is 14.5. The van der Waals surface area contributed by atoms with Crippen LogP contribution in [0, 0.1) is 5.92 Å². The standard InChI is InChI=1S/C17H19BrClN/c1-12(2)10-17(13-6-4-3-5-7-13)20-16-9-8-14(19)11-15(16)18/h3-9,11-12,17,20H,10H2,1-2H3. The first kappa shape index (κ1) is 15.4. The van der Waals surface area contributed by atoms with Crippen molar-refractivity contribution in [2.24, 2.45) is 5.92 Å². The second-order valence-electron chi connectivity index (χ2n) is 5.36. The van der Waals surface area contributed by atoms with Crippen LogP contribution < -0.4 is 5.32 Å². The number of halogens is 2. The van der Waals surface area contributed by atoms with Gasteiger partial charge in [-0.2, -0.15) is 0 Å². The van der Waals surface area contributed by atoms with Gasteiger partial charge in [-0.15, -0.1) is 0 Å². The third-order valence-electron chi connectivity index (χ3n) is 3.17. The number of hydrogen-bond acceptors (Lipinski definition) is 1. The topological polar surface area (TPSA) is 12.0 Å². The molecular formula is C17H19BrClN. The molecule has 0 heterocycles. The first-order chi connectivity index (χ1) is 9.56. The van der Waals surface area contributed by atoms with E-state index in [1.165, 1.54) is 5.56 Å². The smallest absolute Gasteiger partial charge is 0.0516 e. The number of rotatable bonds is 5. The van der Waals surface area contributed by atoms with Crippen LogP contribution in [-0.2, 0) is 0 Å². The highest BCUT2D eigenvalue weighted by Crippen LogP contribution is 2.31.